The van der Waals surface area contributed by atoms with E-state index in [0.29, 0.717) is 0 Å². The normalized spacial score (nSPS) is 10.5. The summed E-state index contributed by atoms with van der Waals surface area (Å²) in [5.41, 5.74) is 0. The van der Waals surface area contributed by atoms with Crippen molar-refractivity contribution in [2.75, 3.05) is 0 Å². The maximum absolute atomic E-state index is 3.06. The SMILES string of the molecule is Cc1cc2c[c]ccc2s1. The minimum absolute atomic E-state index is 1.31. The van der Waals surface area contributed by atoms with E-state index in [0.717, 1.165) is 0 Å². The van der Waals surface area contributed by atoms with Crippen LogP contribution < -0.4 is 0 Å². The fourth-order valence-corrected chi connectivity index (χ4v) is 1.96. The second-order valence-electron chi connectivity index (χ2n) is 2.32. The summed E-state index contributed by atoms with van der Waals surface area (Å²) in [7, 11) is 0. The number of hydrogen-bond acceptors (Lipinski definition) is 1. The Hall–Kier alpha value is -0.820. The lowest BCUT2D eigenvalue weighted by Gasteiger charge is -1.81. The zero-order valence-corrected chi connectivity index (χ0v) is 6.53. The molecule has 0 spiro atoms. The fourth-order valence-electron chi connectivity index (χ4n) is 1.06. The van der Waals surface area contributed by atoms with Gasteiger partial charge in [-0.25, -0.2) is 0 Å². The van der Waals surface area contributed by atoms with E-state index < -0.39 is 0 Å². The number of benzene rings is 1. The predicted molar refractivity (Wildman–Crippen MR) is 45.4 cm³/mol. The van der Waals surface area contributed by atoms with Crippen LogP contribution in [0.3, 0.4) is 0 Å². The van der Waals surface area contributed by atoms with Crippen LogP contribution in [0.15, 0.2) is 24.3 Å². The maximum atomic E-state index is 3.06. The summed E-state index contributed by atoms with van der Waals surface area (Å²) >= 11 is 1.83. The Labute approximate surface area is 64.1 Å². The number of rotatable bonds is 0. The number of thiophene rings is 1. The highest BCUT2D eigenvalue weighted by Crippen LogP contribution is 2.23. The van der Waals surface area contributed by atoms with Gasteiger partial charge < -0.3 is 0 Å². The molecule has 0 atom stereocenters. The second kappa shape index (κ2) is 2.10. The van der Waals surface area contributed by atoms with Gasteiger partial charge in [0.05, 0.1) is 0 Å². The molecule has 0 amide bonds. The third-order valence-electron chi connectivity index (χ3n) is 1.48. The molecule has 0 aliphatic rings. The van der Waals surface area contributed by atoms with E-state index in [9.17, 15) is 0 Å². The Kier molecular flexibility index (Phi) is 1.24. The molecule has 0 aliphatic carbocycles. The Morgan fingerprint density at radius 1 is 1.50 bits per heavy atom. The number of aryl methyl sites for hydroxylation is 1. The van der Waals surface area contributed by atoms with Crippen LogP contribution in [0.5, 0.6) is 0 Å². The molecule has 0 N–H and O–H groups in total. The Balaban J connectivity index is 2.88. The summed E-state index contributed by atoms with van der Waals surface area (Å²) < 4.78 is 1.36. The lowest BCUT2D eigenvalue weighted by atomic mass is 10.2. The van der Waals surface area contributed by atoms with Crippen molar-refractivity contribution in [3.05, 3.63) is 35.2 Å². The van der Waals surface area contributed by atoms with Gasteiger partial charge in [-0.3, -0.25) is 0 Å². The molecular formula is C9H7S. The van der Waals surface area contributed by atoms with Crippen LogP contribution in [-0.4, -0.2) is 0 Å². The molecule has 1 heterocycles. The molecule has 1 aromatic heterocycles. The van der Waals surface area contributed by atoms with E-state index in [1.165, 1.54) is 15.0 Å². The smallest absolute Gasteiger partial charge is 0.0345 e. The van der Waals surface area contributed by atoms with E-state index in [-0.39, 0.29) is 0 Å². The van der Waals surface area contributed by atoms with Gasteiger partial charge in [-0.15, -0.1) is 11.3 Å². The zero-order chi connectivity index (χ0) is 6.97. The van der Waals surface area contributed by atoms with E-state index in [1.54, 1.807) is 0 Å². The van der Waals surface area contributed by atoms with Crippen LogP contribution >= 0.6 is 11.3 Å². The summed E-state index contributed by atoms with van der Waals surface area (Å²) in [5.74, 6) is 0. The van der Waals surface area contributed by atoms with E-state index in [4.69, 9.17) is 0 Å². The first-order valence-electron chi connectivity index (χ1n) is 3.22. The highest BCUT2D eigenvalue weighted by atomic mass is 32.1. The van der Waals surface area contributed by atoms with Gasteiger partial charge in [0.2, 0.25) is 0 Å². The second-order valence-corrected chi connectivity index (χ2v) is 3.61. The van der Waals surface area contributed by atoms with Gasteiger partial charge >= 0.3 is 0 Å². The quantitative estimate of drug-likeness (QED) is 0.537. The lowest BCUT2D eigenvalue weighted by molar-refractivity contribution is 1.65. The van der Waals surface area contributed by atoms with Crippen molar-refractivity contribution in [2.24, 2.45) is 0 Å². The van der Waals surface area contributed by atoms with Gasteiger partial charge in [0.1, 0.15) is 0 Å². The van der Waals surface area contributed by atoms with Gasteiger partial charge in [-0.05, 0) is 36.6 Å². The van der Waals surface area contributed by atoms with Gasteiger partial charge in [-0.1, -0.05) is 6.07 Å². The van der Waals surface area contributed by atoms with Gasteiger partial charge in [0.15, 0.2) is 0 Å². The molecule has 2 aromatic rings. The molecule has 1 heteroatoms. The molecule has 1 aromatic carbocycles. The van der Waals surface area contributed by atoms with Crippen molar-refractivity contribution in [1.29, 1.82) is 0 Å². The van der Waals surface area contributed by atoms with E-state index >= 15 is 0 Å². The summed E-state index contributed by atoms with van der Waals surface area (Å²) in [6, 6.07) is 11.3. The molecule has 10 heavy (non-hydrogen) atoms. The third-order valence-corrected chi connectivity index (χ3v) is 2.52. The molecule has 0 unspecified atom stereocenters. The zero-order valence-electron chi connectivity index (χ0n) is 5.72. The standard InChI is InChI=1S/C9H7S/c1-7-6-8-4-2-3-5-9(8)10-7/h3-6H,1H3. The minimum Gasteiger partial charge on any atom is -0.141 e. The van der Waals surface area contributed by atoms with Crippen molar-refractivity contribution < 1.29 is 0 Å². The topological polar surface area (TPSA) is 0 Å². The molecule has 0 bridgehead atoms. The minimum atomic E-state index is 1.31. The van der Waals surface area contributed by atoms with Crippen molar-refractivity contribution in [2.45, 2.75) is 6.92 Å². The number of fused-ring (bicyclic) bond motifs is 1. The van der Waals surface area contributed by atoms with Gasteiger partial charge in [0, 0.05) is 9.58 Å². The van der Waals surface area contributed by atoms with E-state index in [1.807, 2.05) is 23.5 Å². The third kappa shape index (κ3) is 0.830. The van der Waals surface area contributed by atoms with Crippen molar-refractivity contribution in [1.82, 2.24) is 0 Å². The molecule has 0 aliphatic heterocycles. The van der Waals surface area contributed by atoms with Crippen LogP contribution in [0.25, 0.3) is 10.1 Å². The Bertz CT molecular complexity index is 313. The molecule has 49 valence electrons. The molecule has 2 rings (SSSR count). The summed E-state index contributed by atoms with van der Waals surface area (Å²) in [6.45, 7) is 2.13. The van der Waals surface area contributed by atoms with Gasteiger partial charge in [0.25, 0.3) is 0 Å². The molecule has 0 fully saturated rings. The first kappa shape index (κ1) is 5.93. The van der Waals surface area contributed by atoms with E-state index in [2.05, 4.69) is 25.1 Å². The molecule has 0 saturated carbocycles. The van der Waals surface area contributed by atoms with Crippen molar-refractivity contribution >= 4 is 21.4 Å². The molecule has 0 nitrogen and oxygen atoms in total. The summed E-state index contributed by atoms with van der Waals surface area (Å²) in [4.78, 5) is 1.37. The van der Waals surface area contributed by atoms with Crippen molar-refractivity contribution in [3.63, 3.8) is 0 Å². The first-order valence-corrected chi connectivity index (χ1v) is 4.04. The monoisotopic (exact) mass is 147 g/mol. The molecule has 1 radical (unpaired) electrons. The van der Waals surface area contributed by atoms with Crippen LogP contribution in [0.2, 0.25) is 0 Å². The van der Waals surface area contributed by atoms with Crippen LogP contribution in [0, 0.1) is 13.0 Å². The van der Waals surface area contributed by atoms with Gasteiger partial charge in [-0.2, -0.15) is 0 Å². The van der Waals surface area contributed by atoms with Crippen molar-refractivity contribution in [3.8, 4) is 0 Å². The average Bonchev–Trinajstić information content (AvgIpc) is 2.27. The average molecular weight is 147 g/mol. The fraction of sp³-hybridized carbons (Fsp3) is 0.111. The first-order chi connectivity index (χ1) is 4.86. The van der Waals surface area contributed by atoms with Crippen LogP contribution in [0.4, 0.5) is 0 Å². The summed E-state index contributed by atoms with van der Waals surface area (Å²) in [6.07, 6.45) is 0. The molecule has 0 saturated heterocycles. The largest absolute Gasteiger partial charge is 0.141 e. The number of hydrogen-bond donors (Lipinski definition) is 0. The highest BCUT2D eigenvalue weighted by Gasteiger charge is 1.93. The molecular weight excluding hydrogens is 140 g/mol. The maximum Gasteiger partial charge on any atom is 0.0345 e. The predicted octanol–water partition coefficient (Wildman–Crippen LogP) is 3.01. The highest BCUT2D eigenvalue weighted by molar-refractivity contribution is 7.19. The van der Waals surface area contributed by atoms with Crippen LogP contribution in [0.1, 0.15) is 4.88 Å². The van der Waals surface area contributed by atoms with Crippen LogP contribution in [-0.2, 0) is 0 Å². The Morgan fingerprint density at radius 2 is 2.40 bits per heavy atom. The summed E-state index contributed by atoms with van der Waals surface area (Å²) in [5, 5.41) is 1.31. The lowest BCUT2D eigenvalue weighted by Crippen LogP contribution is -1.57. The Morgan fingerprint density at radius 3 is 3.20 bits per heavy atom.